The fraction of sp³-hybridized carbons (Fsp3) is 0.471. The summed E-state index contributed by atoms with van der Waals surface area (Å²) in [6, 6.07) is 7.19. The fourth-order valence-corrected chi connectivity index (χ4v) is 4.29. The smallest absolute Gasteiger partial charge is 0.270 e. The van der Waals surface area contributed by atoms with E-state index in [0.717, 1.165) is 15.2 Å². The highest BCUT2D eigenvalue weighted by molar-refractivity contribution is 7.89. The molecular formula is C17H23N3O5S. The van der Waals surface area contributed by atoms with Crippen LogP contribution < -0.4 is 4.74 Å². The lowest BCUT2D eigenvalue weighted by atomic mass is 10.1. The normalized spacial score (nSPS) is 20.9. The molecule has 0 unspecified atom stereocenters. The maximum atomic E-state index is 12.8. The van der Waals surface area contributed by atoms with Crippen molar-refractivity contribution in [2.24, 2.45) is 5.92 Å². The summed E-state index contributed by atoms with van der Waals surface area (Å²) in [4.78, 5) is 17.3. The van der Waals surface area contributed by atoms with Crippen molar-refractivity contribution >= 4 is 26.8 Å². The number of aromatic amines is 1. The Morgan fingerprint density at radius 3 is 2.73 bits per heavy atom. The lowest BCUT2D eigenvalue weighted by Crippen LogP contribution is -2.33. The number of H-pyrrole nitrogens is 1. The average Bonchev–Trinajstić information content (AvgIpc) is 3.16. The topological polar surface area (TPSA) is 103 Å². The van der Waals surface area contributed by atoms with Crippen molar-refractivity contribution in [3.05, 3.63) is 30.0 Å². The van der Waals surface area contributed by atoms with Gasteiger partial charge < -0.3 is 19.7 Å². The van der Waals surface area contributed by atoms with E-state index in [2.05, 4.69) is 4.98 Å². The number of aromatic nitrogens is 1. The number of nitrogens with zero attached hydrogens (tertiary/aromatic N) is 2. The number of carbonyl (C=O) groups excluding carboxylic acids is 1. The summed E-state index contributed by atoms with van der Waals surface area (Å²) in [5.74, 6) is -0.254. The third-order valence-corrected chi connectivity index (χ3v) is 6.70. The molecule has 0 aliphatic carbocycles. The van der Waals surface area contributed by atoms with Gasteiger partial charge in [-0.15, -0.1) is 0 Å². The van der Waals surface area contributed by atoms with Crippen LogP contribution in [-0.2, 0) is 10.0 Å². The van der Waals surface area contributed by atoms with E-state index in [0.29, 0.717) is 11.4 Å². The Bertz CT molecular complexity index is 922. The number of rotatable bonds is 5. The van der Waals surface area contributed by atoms with Crippen LogP contribution in [0.3, 0.4) is 0 Å². The lowest BCUT2D eigenvalue weighted by molar-refractivity contribution is 0.0760. The number of aliphatic hydroxyl groups excluding tert-OH is 1. The first kappa shape index (κ1) is 18.7. The van der Waals surface area contributed by atoms with Gasteiger partial charge >= 0.3 is 0 Å². The van der Waals surface area contributed by atoms with E-state index in [4.69, 9.17) is 4.74 Å². The summed E-state index contributed by atoms with van der Waals surface area (Å²) in [5.41, 5.74) is 1.21. The van der Waals surface area contributed by atoms with E-state index < -0.39 is 22.0 Å². The summed E-state index contributed by atoms with van der Waals surface area (Å²) in [5, 5.41) is 11.1. The van der Waals surface area contributed by atoms with Crippen LogP contribution in [0.4, 0.5) is 0 Å². The number of ether oxygens (including phenoxy) is 1. The van der Waals surface area contributed by atoms with E-state index >= 15 is 0 Å². The molecular weight excluding hydrogens is 358 g/mol. The number of amides is 1. The van der Waals surface area contributed by atoms with Crippen molar-refractivity contribution in [3.8, 4) is 5.75 Å². The second-order valence-electron chi connectivity index (χ2n) is 6.73. The third-order valence-electron chi connectivity index (χ3n) is 4.73. The SMILES string of the molecule is COc1ccc2[nH]c(C(=O)N3C[C@@H](CS(=O)(=O)N(C)C)[C@@H](O)C3)cc2c1. The molecule has 1 fully saturated rings. The van der Waals surface area contributed by atoms with Crippen molar-refractivity contribution in [1.82, 2.24) is 14.2 Å². The van der Waals surface area contributed by atoms with Crippen LogP contribution >= 0.6 is 0 Å². The second-order valence-corrected chi connectivity index (χ2v) is 8.96. The average molecular weight is 381 g/mol. The minimum atomic E-state index is -3.44. The van der Waals surface area contributed by atoms with Gasteiger partial charge in [0.15, 0.2) is 0 Å². The van der Waals surface area contributed by atoms with E-state index in [1.807, 2.05) is 12.1 Å². The fourth-order valence-electron chi connectivity index (χ4n) is 3.13. The molecule has 2 heterocycles. The van der Waals surface area contributed by atoms with Gasteiger partial charge in [-0.2, -0.15) is 0 Å². The van der Waals surface area contributed by atoms with Gasteiger partial charge in [-0.1, -0.05) is 0 Å². The van der Waals surface area contributed by atoms with Crippen LogP contribution in [0.2, 0.25) is 0 Å². The molecule has 8 nitrogen and oxygen atoms in total. The Morgan fingerprint density at radius 1 is 1.35 bits per heavy atom. The third kappa shape index (κ3) is 3.55. The molecule has 0 spiro atoms. The summed E-state index contributed by atoms with van der Waals surface area (Å²) in [6.07, 6.45) is -0.863. The van der Waals surface area contributed by atoms with Crippen molar-refractivity contribution in [3.63, 3.8) is 0 Å². The Labute approximate surface area is 152 Å². The second kappa shape index (κ2) is 6.90. The van der Waals surface area contributed by atoms with Crippen molar-refractivity contribution in [2.45, 2.75) is 6.10 Å². The molecule has 0 bridgehead atoms. The first-order valence-corrected chi connectivity index (χ1v) is 9.86. The number of β-amino-alcohol motifs (C(OH)–C–C–N with tert-alkyl or cyclic N) is 1. The van der Waals surface area contributed by atoms with E-state index in [1.54, 1.807) is 19.2 Å². The lowest BCUT2D eigenvalue weighted by Gasteiger charge is -2.17. The largest absolute Gasteiger partial charge is 0.497 e. The predicted molar refractivity (Wildman–Crippen MR) is 97.7 cm³/mol. The number of methoxy groups -OCH3 is 1. The van der Waals surface area contributed by atoms with Crippen molar-refractivity contribution in [2.75, 3.05) is 40.0 Å². The number of sulfonamides is 1. The molecule has 1 aliphatic rings. The molecule has 2 N–H and O–H groups in total. The zero-order chi connectivity index (χ0) is 19.1. The van der Waals surface area contributed by atoms with Crippen LogP contribution in [0, 0.1) is 5.92 Å². The predicted octanol–water partition coefficient (Wildman–Crippen LogP) is 0.501. The van der Waals surface area contributed by atoms with Gasteiger partial charge in [-0.05, 0) is 24.3 Å². The van der Waals surface area contributed by atoms with Crippen LogP contribution in [0.25, 0.3) is 10.9 Å². The van der Waals surface area contributed by atoms with Crippen molar-refractivity contribution in [1.29, 1.82) is 0 Å². The molecule has 142 valence electrons. The molecule has 0 radical (unpaired) electrons. The zero-order valence-corrected chi connectivity index (χ0v) is 15.8. The van der Waals surface area contributed by atoms with Crippen LogP contribution in [-0.4, -0.2) is 79.8 Å². The minimum absolute atomic E-state index is 0.116. The van der Waals surface area contributed by atoms with Gasteiger partial charge in [0, 0.05) is 44.0 Å². The van der Waals surface area contributed by atoms with Gasteiger partial charge in [-0.3, -0.25) is 4.79 Å². The Kier molecular flexibility index (Phi) is 4.96. The molecule has 1 aliphatic heterocycles. The number of benzene rings is 1. The monoisotopic (exact) mass is 381 g/mol. The highest BCUT2D eigenvalue weighted by Crippen LogP contribution is 2.25. The number of hydrogen-bond donors (Lipinski definition) is 2. The van der Waals surface area contributed by atoms with Gasteiger partial charge in [0.05, 0.1) is 19.0 Å². The van der Waals surface area contributed by atoms with E-state index in [1.165, 1.54) is 19.0 Å². The van der Waals surface area contributed by atoms with Crippen molar-refractivity contribution < 1.29 is 23.1 Å². The van der Waals surface area contributed by atoms with Gasteiger partial charge in [0.25, 0.3) is 5.91 Å². The summed E-state index contributed by atoms with van der Waals surface area (Å²) < 4.78 is 30.4. The van der Waals surface area contributed by atoms with E-state index in [-0.39, 0.29) is 24.7 Å². The Morgan fingerprint density at radius 2 is 2.08 bits per heavy atom. The zero-order valence-electron chi connectivity index (χ0n) is 15.0. The summed E-state index contributed by atoms with van der Waals surface area (Å²) in [7, 11) is 1.05. The minimum Gasteiger partial charge on any atom is -0.497 e. The highest BCUT2D eigenvalue weighted by Gasteiger charge is 2.37. The molecule has 1 saturated heterocycles. The van der Waals surface area contributed by atoms with Crippen LogP contribution in [0.5, 0.6) is 5.75 Å². The number of nitrogens with one attached hydrogen (secondary N) is 1. The quantitative estimate of drug-likeness (QED) is 0.785. The van der Waals surface area contributed by atoms with Crippen LogP contribution in [0.1, 0.15) is 10.5 Å². The molecule has 26 heavy (non-hydrogen) atoms. The Hall–Kier alpha value is -2.10. The first-order valence-electron chi connectivity index (χ1n) is 8.25. The molecule has 0 saturated carbocycles. The number of aliphatic hydroxyl groups is 1. The maximum absolute atomic E-state index is 12.8. The number of carbonyl (C=O) groups is 1. The van der Waals surface area contributed by atoms with Gasteiger partial charge in [0.2, 0.25) is 10.0 Å². The van der Waals surface area contributed by atoms with E-state index in [9.17, 15) is 18.3 Å². The van der Waals surface area contributed by atoms with Crippen LogP contribution in [0.15, 0.2) is 24.3 Å². The van der Waals surface area contributed by atoms with Gasteiger partial charge in [0.1, 0.15) is 11.4 Å². The molecule has 2 atom stereocenters. The summed E-state index contributed by atoms with van der Waals surface area (Å²) in [6.45, 7) is 0.316. The highest BCUT2D eigenvalue weighted by atomic mass is 32.2. The first-order chi connectivity index (χ1) is 12.2. The maximum Gasteiger partial charge on any atom is 0.270 e. The number of fused-ring (bicyclic) bond motifs is 1. The number of hydrogen-bond acceptors (Lipinski definition) is 5. The molecule has 2 aromatic rings. The molecule has 1 aromatic carbocycles. The Balaban J connectivity index is 1.76. The molecule has 9 heteroatoms. The number of likely N-dealkylation sites (tertiary alicyclic amines) is 1. The van der Waals surface area contributed by atoms with Gasteiger partial charge in [-0.25, -0.2) is 12.7 Å². The molecule has 3 rings (SSSR count). The summed E-state index contributed by atoms with van der Waals surface area (Å²) >= 11 is 0. The molecule has 1 amide bonds. The molecule has 1 aromatic heterocycles. The standard InChI is InChI=1S/C17H23N3O5S/c1-19(2)26(23,24)10-12-8-20(9-16(12)21)17(22)15-7-11-6-13(25-3)4-5-14(11)18-15/h4-7,12,16,18,21H,8-10H2,1-3H3/t12-,16-/m0/s1.